The van der Waals surface area contributed by atoms with E-state index >= 15 is 0 Å². The van der Waals surface area contributed by atoms with Crippen LogP contribution >= 0.6 is 23.4 Å². The minimum Gasteiger partial charge on any atom is -0.495 e. The molecule has 8 heteroatoms. The molecule has 1 aliphatic carbocycles. The van der Waals surface area contributed by atoms with Crippen LogP contribution in [0.1, 0.15) is 37.1 Å². The number of anilines is 1. The van der Waals surface area contributed by atoms with Crippen molar-refractivity contribution in [3.05, 3.63) is 28.5 Å². The zero-order valence-corrected chi connectivity index (χ0v) is 15.3. The fourth-order valence-electron chi connectivity index (χ4n) is 2.23. The normalized spacial score (nSPS) is 15.2. The maximum atomic E-state index is 12.4. The van der Waals surface area contributed by atoms with Crippen LogP contribution in [-0.2, 0) is 4.79 Å². The number of methoxy groups -OCH3 is 1. The second kappa shape index (κ2) is 7.03. The summed E-state index contributed by atoms with van der Waals surface area (Å²) in [6, 6.07) is 3.50. The third-order valence-electron chi connectivity index (χ3n) is 3.84. The van der Waals surface area contributed by atoms with Gasteiger partial charge in [0.15, 0.2) is 0 Å². The Morgan fingerprint density at radius 2 is 2.25 bits per heavy atom. The number of carbonyl (C=O) groups excluding carboxylic acids is 1. The summed E-state index contributed by atoms with van der Waals surface area (Å²) in [5.41, 5.74) is 1.47. The Morgan fingerprint density at radius 1 is 1.50 bits per heavy atom. The average Bonchev–Trinajstić information content (AvgIpc) is 3.30. The number of aromatic amines is 1. The first-order chi connectivity index (χ1) is 11.5. The Kier molecular flexibility index (Phi) is 5.01. The molecular formula is C16H19ClN4O2S. The number of ether oxygens (including phenoxy) is 1. The Balaban J connectivity index is 1.66. The molecule has 0 radical (unpaired) electrons. The number of halogens is 1. The topological polar surface area (TPSA) is 79.9 Å². The Morgan fingerprint density at radius 3 is 2.92 bits per heavy atom. The quantitative estimate of drug-likeness (QED) is 0.760. The monoisotopic (exact) mass is 366 g/mol. The molecule has 2 N–H and O–H groups in total. The SMILES string of the molecule is COc1cc(Cl)c(C)cc1NC(=O)C(C)Sc1n[nH]c(C2CC2)n1. The van der Waals surface area contributed by atoms with E-state index in [2.05, 4.69) is 20.5 Å². The summed E-state index contributed by atoms with van der Waals surface area (Å²) >= 11 is 7.41. The summed E-state index contributed by atoms with van der Waals surface area (Å²) in [4.78, 5) is 16.9. The molecule has 24 heavy (non-hydrogen) atoms. The maximum absolute atomic E-state index is 12.4. The first-order valence-electron chi connectivity index (χ1n) is 7.72. The second-order valence-corrected chi connectivity index (χ2v) is 7.54. The van der Waals surface area contributed by atoms with Crippen LogP contribution < -0.4 is 10.1 Å². The molecule has 1 fully saturated rings. The molecule has 1 unspecified atom stereocenters. The molecule has 1 atom stereocenters. The van der Waals surface area contributed by atoms with Gasteiger partial charge in [-0.1, -0.05) is 23.4 Å². The molecule has 0 aliphatic heterocycles. The van der Waals surface area contributed by atoms with Gasteiger partial charge in [0.2, 0.25) is 11.1 Å². The molecule has 2 aromatic rings. The molecule has 0 saturated heterocycles. The minimum atomic E-state index is -0.339. The van der Waals surface area contributed by atoms with Crippen molar-refractivity contribution in [2.45, 2.75) is 43.0 Å². The summed E-state index contributed by atoms with van der Waals surface area (Å²) in [6.45, 7) is 3.70. The first kappa shape index (κ1) is 17.1. The first-order valence-corrected chi connectivity index (χ1v) is 8.97. The minimum absolute atomic E-state index is 0.141. The molecule has 128 valence electrons. The van der Waals surface area contributed by atoms with Crippen LogP contribution in [0, 0.1) is 6.92 Å². The van der Waals surface area contributed by atoms with E-state index in [0.717, 1.165) is 24.2 Å². The Bertz CT molecular complexity index is 761. The van der Waals surface area contributed by atoms with Crippen LogP contribution in [-0.4, -0.2) is 33.4 Å². The predicted molar refractivity (Wildman–Crippen MR) is 95.0 cm³/mol. The van der Waals surface area contributed by atoms with Crippen LogP contribution in [0.5, 0.6) is 5.75 Å². The highest BCUT2D eigenvalue weighted by molar-refractivity contribution is 8.00. The number of H-pyrrole nitrogens is 1. The van der Waals surface area contributed by atoms with E-state index in [4.69, 9.17) is 16.3 Å². The van der Waals surface area contributed by atoms with Gasteiger partial charge in [-0.3, -0.25) is 9.89 Å². The molecule has 1 amide bonds. The van der Waals surface area contributed by atoms with Crippen LogP contribution in [0.25, 0.3) is 0 Å². The largest absolute Gasteiger partial charge is 0.495 e. The summed E-state index contributed by atoms with van der Waals surface area (Å²) in [5, 5.41) is 10.9. The van der Waals surface area contributed by atoms with E-state index in [1.165, 1.54) is 11.8 Å². The Hall–Kier alpha value is -1.73. The van der Waals surface area contributed by atoms with E-state index in [-0.39, 0.29) is 11.2 Å². The number of aromatic nitrogens is 3. The lowest BCUT2D eigenvalue weighted by Gasteiger charge is -2.14. The lowest BCUT2D eigenvalue weighted by Crippen LogP contribution is -2.23. The number of aryl methyl sites for hydroxylation is 1. The van der Waals surface area contributed by atoms with Gasteiger partial charge in [-0.05, 0) is 38.3 Å². The summed E-state index contributed by atoms with van der Waals surface area (Å²) in [7, 11) is 1.54. The number of thioether (sulfide) groups is 1. The molecule has 1 aromatic heterocycles. The zero-order chi connectivity index (χ0) is 17.3. The maximum Gasteiger partial charge on any atom is 0.237 e. The lowest BCUT2D eigenvalue weighted by molar-refractivity contribution is -0.115. The van der Waals surface area contributed by atoms with Crippen molar-refractivity contribution in [1.82, 2.24) is 15.2 Å². The highest BCUT2D eigenvalue weighted by atomic mass is 35.5. The number of benzene rings is 1. The van der Waals surface area contributed by atoms with Gasteiger partial charge in [-0.25, -0.2) is 4.98 Å². The van der Waals surface area contributed by atoms with Crippen molar-refractivity contribution < 1.29 is 9.53 Å². The van der Waals surface area contributed by atoms with Crippen LogP contribution in [0.2, 0.25) is 5.02 Å². The third kappa shape index (κ3) is 3.84. The molecule has 0 bridgehead atoms. The van der Waals surface area contributed by atoms with E-state index in [9.17, 15) is 4.79 Å². The van der Waals surface area contributed by atoms with Crippen molar-refractivity contribution in [2.75, 3.05) is 12.4 Å². The van der Waals surface area contributed by atoms with Gasteiger partial charge in [-0.15, -0.1) is 5.10 Å². The second-order valence-electron chi connectivity index (χ2n) is 5.83. The van der Waals surface area contributed by atoms with Crippen molar-refractivity contribution >= 4 is 35.0 Å². The number of amides is 1. The van der Waals surface area contributed by atoms with Crippen molar-refractivity contribution in [3.8, 4) is 5.75 Å². The fourth-order valence-corrected chi connectivity index (χ4v) is 3.11. The zero-order valence-electron chi connectivity index (χ0n) is 13.7. The van der Waals surface area contributed by atoms with Gasteiger partial charge < -0.3 is 10.1 Å². The summed E-state index contributed by atoms with van der Waals surface area (Å²) < 4.78 is 5.28. The fraction of sp³-hybridized carbons (Fsp3) is 0.438. The van der Waals surface area contributed by atoms with E-state index in [1.807, 2.05) is 13.8 Å². The molecule has 1 aliphatic rings. The molecule has 3 rings (SSSR count). The van der Waals surface area contributed by atoms with Gasteiger partial charge in [0.05, 0.1) is 18.0 Å². The number of carbonyl (C=O) groups is 1. The smallest absolute Gasteiger partial charge is 0.237 e. The van der Waals surface area contributed by atoms with Crippen LogP contribution in [0.3, 0.4) is 0 Å². The van der Waals surface area contributed by atoms with Crippen molar-refractivity contribution in [2.24, 2.45) is 0 Å². The van der Waals surface area contributed by atoms with E-state index in [1.54, 1.807) is 19.2 Å². The Labute approximate surface area is 149 Å². The van der Waals surface area contributed by atoms with Crippen molar-refractivity contribution in [1.29, 1.82) is 0 Å². The lowest BCUT2D eigenvalue weighted by atomic mass is 10.2. The molecular weight excluding hydrogens is 348 g/mol. The predicted octanol–water partition coefficient (Wildman–Crippen LogP) is 3.77. The highest BCUT2D eigenvalue weighted by Gasteiger charge is 2.28. The van der Waals surface area contributed by atoms with Crippen LogP contribution in [0.4, 0.5) is 5.69 Å². The number of nitrogens with one attached hydrogen (secondary N) is 2. The van der Waals surface area contributed by atoms with E-state index in [0.29, 0.717) is 27.5 Å². The van der Waals surface area contributed by atoms with Gasteiger partial charge in [0.1, 0.15) is 11.6 Å². The molecule has 1 heterocycles. The molecule has 6 nitrogen and oxygen atoms in total. The van der Waals surface area contributed by atoms with E-state index < -0.39 is 0 Å². The van der Waals surface area contributed by atoms with Gasteiger partial charge >= 0.3 is 0 Å². The molecule has 1 saturated carbocycles. The molecule has 0 spiro atoms. The average molecular weight is 367 g/mol. The number of hydrogen-bond acceptors (Lipinski definition) is 5. The van der Waals surface area contributed by atoms with Gasteiger partial charge in [0.25, 0.3) is 0 Å². The number of rotatable bonds is 6. The molecule has 1 aromatic carbocycles. The highest BCUT2D eigenvalue weighted by Crippen LogP contribution is 2.38. The number of nitrogens with zero attached hydrogens (tertiary/aromatic N) is 2. The third-order valence-corrected chi connectivity index (χ3v) is 5.20. The summed E-state index contributed by atoms with van der Waals surface area (Å²) in [6.07, 6.45) is 2.32. The van der Waals surface area contributed by atoms with Gasteiger partial charge in [-0.2, -0.15) is 0 Å². The standard InChI is InChI=1S/C16H19ClN4O2S/c1-8-6-12(13(23-3)7-11(8)17)18-15(22)9(2)24-16-19-14(20-21-16)10-4-5-10/h6-7,9-10H,4-5H2,1-3H3,(H,18,22)(H,19,20,21). The van der Waals surface area contributed by atoms with Crippen molar-refractivity contribution in [3.63, 3.8) is 0 Å². The van der Waals surface area contributed by atoms with Gasteiger partial charge in [0, 0.05) is 17.0 Å². The number of hydrogen-bond donors (Lipinski definition) is 2. The van der Waals surface area contributed by atoms with Crippen LogP contribution in [0.15, 0.2) is 17.3 Å². The summed E-state index contributed by atoms with van der Waals surface area (Å²) in [5.74, 6) is 1.82.